The van der Waals surface area contributed by atoms with E-state index in [2.05, 4.69) is 20.6 Å². The number of anilines is 1. The number of hydrogen-bond acceptors (Lipinski definition) is 5. The van der Waals surface area contributed by atoms with Crippen molar-refractivity contribution in [2.75, 3.05) is 5.32 Å². The van der Waals surface area contributed by atoms with E-state index >= 15 is 0 Å². The summed E-state index contributed by atoms with van der Waals surface area (Å²) in [5.41, 5.74) is 5.74. The van der Waals surface area contributed by atoms with Crippen LogP contribution in [0.5, 0.6) is 0 Å². The Morgan fingerprint density at radius 2 is 1.89 bits per heavy atom. The molecule has 0 saturated heterocycles. The summed E-state index contributed by atoms with van der Waals surface area (Å²) in [5, 5.41) is 12.0. The van der Waals surface area contributed by atoms with E-state index in [9.17, 15) is 4.79 Å². The second kappa shape index (κ2) is 6.35. The molecule has 4 aromatic rings. The fraction of sp³-hybridized carbons (Fsp3) is 0.200. The Balaban J connectivity index is 1.69. The molecule has 0 atom stereocenters. The topological polar surface area (TPSA) is 85.8 Å². The van der Waals surface area contributed by atoms with Crippen molar-refractivity contribution < 1.29 is 9.32 Å². The van der Waals surface area contributed by atoms with Crippen molar-refractivity contribution in [1.82, 2.24) is 19.9 Å². The van der Waals surface area contributed by atoms with E-state index in [1.807, 2.05) is 55.8 Å². The Morgan fingerprint density at radius 3 is 2.63 bits per heavy atom. The molecule has 4 rings (SSSR count). The van der Waals surface area contributed by atoms with Gasteiger partial charge in [-0.05, 0) is 58.0 Å². The van der Waals surface area contributed by atoms with Gasteiger partial charge in [0.1, 0.15) is 0 Å². The zero-order chi connectivity index (χ0) is 19.1. The molecule has 27 heavy (non-hydrogen) atoms. The molecule has 0 aliphatic heterocycles. The second-order valence-corrected chi connectivity index (χ2v) is 6.60. The predicted molar refractivity (Wildman–Crippen MR) is 102 cm³/mol. The number of aromatic nitrogens is 4. The maximum Gasteiger partial charge on any atom is 0.258 e. The molecule has 0 fully saturated rings. The molecule has 1 amide bonds. The Bertz CT molecular complexity index is 1170. The van der Waals surface area contributed by atoms with Crippen LogP contribution in [-0.4, -0.2) is 25.8 Å². The number of benzene rings is 1. The molecule has 7 nitrogen and oxygen atoms in total. The molecular formula is C20H19N5O2. The van der Waals surface area contributed by atoms with Crippen LogP contribution in [0.15, 0.2) is 40.9 Å². The van der Waals surface area contributed by atoms with Crippen molar-refractivity contribution in [3.05, 3.63) is 64.7 Å². The number of rotatable bonds is 3. The van der Waals surface area contributed by atoms with E-state index in [0.717, 1.165) is 17.1 Å². The molecule has 0 radical (unpaired) electrons. The van der Waals surface area contributed by atoms with Crippen molar-refractivity contribution in [3.63, 3.8) is 0 Å². The number of nitrogens with one attached hydrogen (secondary N) is 1. The standard InChI is InChI=1S/C20H19N5O2/c1-11-9-17(18-14(4)24-27-20(18)21-11)19(26)22-15-6-5-7-16(10-15)25-13(3)8-12(2)23-25/h5-10H,1-4H3,(H,22,26). The summed E-state index contributed by atoms with van der Waals surface area (Å²) in [7, 11) is 0. The Hall–Kier alpha value is -3.48. The van der Waals surface area contributed by atoms with Gasteiger partial charge in [0.05, 0.1) is 28.0 Å². The van der Waals surface area contributed by atoms with E-state index < -0.39 is 0 Å². The zero-order valence-corrected chi connectivity index (χ0v) is 15.6. The maximum atomic E-state index is 12.9. The van der Waals surface area contributed by atoms with Crippen LogP contribution in [0.1, 0.15) is 33.1 Å². The van der Waals surface area contributed by atoms with Gasteiger partial charge < -0.3 is 9.84 Å². The van der Waals surface area contributed by atoms with Gasteiger partial charge in [-0.3, -0.25) is 4.79 Å². The quantitative estimate of drug-likeness (QED) is 0.598. The average molecular weight is 361 g/mol. The summed E-state index contributed by atoms with van der Waals surface area (Å²) in [4.78, 5) is 17.2. The molecular weight excluding hydrogens is 342 g/mol. The molecule has 3 heterocycles. The van der Waals surface area contributed by atoms with Gasteiger partial charge in [0.15, 0.2) is 0 Å². The van der Waals surface area contributed by atoms with Crippen LogP contribution in [0.4, 0.5) is 5.69 Å². The fourth-order valence-electron chi connectivity index (χ4n) is 3.20. The first kappa shape index (κ1) is 17.0. The Labute approximate surface area is 156 Å². The van der Waals surface area contributed by atoms with E-state index in [1.165, 1.54) is 0 Å². The lowest BCUT2D eigenvalue weighted by Gasteiger charge is -2.10. The lowest BCUT2D eigenvalue weighted by molar-refractivity contribution is 0.102. The molecule has 1 aromatic carbocycles. The van der Waals surface area contributed by atoms with Gasteiger partial charge in [-0.1, -0.05) is 11.2 Å². The summed E-state index contributed by atoms with van der Waals surface area (Å²) in [6.45, 7) is 7.56. The second-order valence-electron chi connectivity index (χ2n) is 6.60. The highest BCUT2D eigenvalue weighted by Crippen LogP contribution is 2.24. The van der Waals surface area contributed by atoms with Crippen LogP contribution in [0.2, 0.25) is 0 Å². The van der Waals surface area contributed by atoms with Crippen LogP contribution in [0.3, 0.4) is 0 Å². The minimum Gasteiger partial charge on any atom is -0.336 e. The maximum absolute atomic E-state index is 12.9. The van der Waals surface area contributed by atoms with Gasteiger partial charge in [-0.25, -0.2) is 9.67 Å². The zero-order valence-electron chi connectivity index (χ0n) is 15.6. The van der Waals surface area contributed by atoms with Crippen molar-refractivity contribution in [2.45, 2.75) is 27.7 Å². The Kier molecular flexibility index (Phi) is 3.99. The third kappa shape index (κ3) is 3.08. The molecule has 0 spiro atoms. The summed E-state index contributed by atoms with van der Waals surface area (Å²) >= 11 is 0. The number of aryl methyl sites for hydroxylation is 4. The molecule has 0 unspecified atom stereocenters. The smallest absolute Gasteiger partial charge is 0.258 e. The number of nitrogens with zero attached hydrogens (tertiary/aromatic N) is 4. The lowest BCUT2D eigenvalue weighted by Crippen LogP contribution is -2.13. The van der Waals surface area contributed by atoms with Crippen molar-refractivity contribution in [1.29, 1.82) is 0 Å². The number of hydrogen-bond donors (Lipinski definition) is 1. The van der Waals surface area contributed by atoms with Gasteiger partial charge >= 0.3 is 0 Å². The minimum atomic E-state index is -0.234. The molecule has 1 N–H and O–H groups in total. The molecule has 3 aromatic heterocycles. The first-order valence-electron chi connectivity index (χ1n) is 8.61. The van der Waals surface area contributed by atoms with Crippen LogP contribution in [0, 0.1) is 27.7 Å². The third-order valence-corrected chi connectivity index (χ3v) is 4.35. The number of amides is 1. The summed E-state index contributed by atoms with van der Waals surface area (Å²) < 4.78 is 7.06. The number of carbonyl (C=O) groups excluding carboxylic acids is 1. The highest BCUT2D eigenvalue weighted by molar-refractivity contribution is 6.12. The monoisotopic (exact) mass is 361 g/mol. The molecule has 0 aliphatic carbocycles. The fourth-order valence-corrected chi connectivity index (χ4v) is 3.20. The largest absolute Gasteiger partial charge is 0.336 e. The third-order valence-electron chi connectivity index (χ3n) is 4.35. The molecule has 136 valence electrons. The molecule has 0 bridgehead atoms. The van der Waals surface area contributed by atoms with Gasteiger partial charge in [-0.2, -0.15) is 5.10 Å². The van der Waals surface area contributed by atoms with Crippen molar-refractivity contribution in [3.8, 4) is 5.69 Å². The lowest BCUT2D eigenvalue weighted by atomic mass is 10.1. The van der Waals surface area contributed by atoms with Crippen LogP contribution in [-0.2, 0) is 0 Å². The normalized spacial score (nSPS) is 11.1. The van der Waals surface area contributed by atoms with Crippen LogP contribution in [0.25, 0.3) is 16.8 Å². The van der Waals surface area contributed by atoms with Gasteiger partial charge in [0.2, 0.25) is 0 Å². The molecule has 0 aliphatic rings. The van der Waals surface area contributed by atoms with Gasteiger partial charge in [-0.15, -0.1) is 0 Å². The number of fused-ring (bicyclic) bond motifs is 1. The summed E-state index contributed by atoms with van der Waals surface area (Å²) in [5.74, 6) is -0.234. The highest BCUT2D eigenvalue weighted by Gasteiger charge is 2.18. The van der Waals surface area contributed by atoms with Crippen LogP contribution >= 0.6 is 0 Å². The predicted octanol–water partition coefficient (Wildman–Crippen LogP) is 3.89. The van der Waals surface area contributed by atoms with E-state index in [-0.39, 0.29) is 5.91 Å². The highest BCUT2D eigenvalue weighted by atomic mass is 16.5. The molecule has 7 heteroatoms. The minimum absolute atomic E-state index is 0.234. The molecule has 0 saturated carbocycles. The van der Waals surface area contributed by atoms with Crippen LogP contribution < -0.4 is 5.32 Å². The van der Waals surface area contributed by atoms with Crippen molar-refractivity contribution in [2.24, 2.45) is 0 Å². The van der Waals surface area contributed by atoms with E-state index in [4.69, 9.17) is 4.52 Å². The van der Waals surface area contributed by atoms with E-state index in [0.29, 0.717) is 33.7 Å². The Morgan fingerprint density at radius 1 is 1.07 bits per heavy atom. The summed E-state index contributed by atoms with van der Waals surface area (Å²) in [6.07, 6.45) is 0. The SMILES string of the molecule is Cc1cc(C(=O)Nc2cccc(-n3nc(C)cc3C)c2)c2c(C)noc2n1. The number of pyridine rings is 1. The van der Waals surface area contributed by atoms with Crippen molar-refractivity contribution >= 4 is 22.7 Å². The van der Waals surface area contributed by atoms with Gasteiger partial charge in [0.25, 0.3) is 11.6 Å². The van der Waals surface area contributed by atoms with E-state index in [1.54, 1.807) is 13.0 Å². The first-order chi connectivity index (χ1) is 12.9. The number of carbonyl (C=O) groups is 1. The first-order valence-corrected chi connectivity index (χ1v) is 8.61. The van der Waals surface area contributed by atoms with Gasteiger partial charge in [0, 0.05) is 17.1 Å². The summed E-state index contributed by atoms with van der Waals surface area (Å²) in [6, 6.07) is 11.3. The average Bonchev–Trinajstić information content (AvgIpc) is 3.16.